The quantitative estimate of drug-likeness (QED) is 0.552. The van der Waals surface area contributed by atoms with Crippen molar-refractivity contribution in [2.24, 2.45) is 11.8 Å². The van der Waals surface area contributed by atoms with Gasteiger partial charge >= 0.3 is 0 Å². The summed E-state index contributed by atoms with van der Waals surface area (Å²) in [5.41, 5.74) is 4.93. The molecule has 160 valence electrons. The van der Waals surface area contributed by atoms with Gasteiger partial charge in [0.2, 0.25) is 5.91 Å². The molecule has 2 aromatic carbocycles. The minimum absolute atomic E-state index is 0.0673. The summed E-state index contributed by atoms with van der Waals surface area (Å²) in [6.07, 6.45) is 6.14. The van der Waals surface area contributed by atoms with Crippen molar-refractivity contribution in [2.75, 3.05) is 0 Å². The highest BCUT2D eigenvalue weighted by atomic mass is 35.5. The first-order valence-corrected chi connectivity index (χ1v) is 11.3. The second-order valence-electron chi connectivity index (χ2n) is 8.55. The average molecular weight is 458 g/mol. The van der Waals surface area contributed by atoms with Crippen molar-refractivity contribution in [2.45, 2.75) is 38.1 Å². The number of aryl methyl sites for hydroxylation is 1. The SMILES string of the molecule is O=C1N[C@@H](C2CCc3[nH]ncc3C2)C[C@H]1Cc1c(Cl)cc(-c2ccc(F)cc2)cc1Cl. The molecule has 0 bridgehead atoms. The molecule has 1 fully saturated rings. The lowest BCUT2D eigenvalue weighted by Gasteiger charge is -2.27. The zero-order valence-corrected chi connectivity index (χ0v) is 18.3. The average Bonchev–Trinajstić information content (AvgIpc) is 3.37. The molecule has 2 N–H and O–H groups in total. The number of benzene rings is 2. The minimum atomic E-state index is -0.290. The van der Waals surface area contributed by atoms with E-state index in [0.29, 0.717) is 22.4 Å². The largest absolute Gasteiger partial charge is 0.353 e. The fraction of sp³-hybridized carbons (Fsp3) is 0.333. The van der Waals surface area contributed by atoms with Crippen LogP contribution < -0.4 is 5.32 Å². The molecule has 2 heterocycles. The zero-order valence-electron chi connectivity index (χ0n) is 16.8. The van der Waals surface area contributed by atoms with Gasteiger partial charge in [-0.3, -0.25) is 9.89 Å². The summed E-state index contributed by atoms with van der Waals surface area (Å²) in [6.45, 7) is 0. The van der Waals surface area contributed by atoms with E-state index < -0.39 is 0 Å². The van der Waals surface area contributed by atoms with E-state index in [0.717, 1.165) is 42.4 Å². The Kier molecular flexibility index (Phi) is 5.49. The van der Waals surface area contributed by atoms with Crippen LogP contribution in [0.25, 0.3) is 11.1 Å². The summed E-state index contributed by atoms with van der Waals surface area (Å²) in [4.78, 5) is 12.7. The number of carbonyl (C=O) groups excluding carboxylic acids is 1. The Morgan fingerprint density at radius 2 is 1.84 bits per heavy atom. The number of H-pyrrole nitrogens is 1. The summed E-state index contributed by atoms with van der Waals surface area (Å²) in [6, 6.07) is 10.0. The van der Waals surface area contributed by atoms with Gasteiger partial charge in [-0.15, -0.1) is 0 Å². The molecule has 0 saturated carbocycles. The third-order valence-corrected chi connectivity index (χ3v) is 7.30. The molecule has 1 aromatic heterocycles. The number of nitrogens with one attached hydrogen (secondary N) is 2. The Balaban J connectivity index is 1.31. The van der Waals surface area contributed by atoms with Crippen LogP contribution in [0.1, 0.15) is 29.7 Å². The highest BCUT2D eigenvalue weighted by Gasteiger charge is 2.38. The smallest absolute Gasteiger partial charge is 0.223 e. The van der Waals surface area contributed by atoms with Crippen molar-refractivity contribution in [1.29, 1.82) is 0 Å². The van der Waals surface area contributed by atoms with Gasteiger partial charge in [0.15, 0.2) is 0 Å². The van der Waals surface area contributed by atoms with E-state index in [1.54, 1.807) is 12.1 Å². The van der Waals surface area contributed by atoms with Crippen molar-refractivity contribution in [3.8, 4) is 11.1 Å². The van der Waals surface area contributed by atoms with Crippen LogP contribution in [-0.4, -0.2) is 22.1 Å². The van der Waals surface area contributed by atoms with Crippen molar-refractivity contribution in [3.05, 3.63) is 75.3 Å². The molecule has 1 aliphatic heterocycles. The first-order valence-electron chi connectivity index (χ1n) is 10.5. The van der Waals surface area contributed by atoms with Crippen LogP contribution in [0.4, 0.5) is 4.39 Å². The second kappa shape index (κ2) is 8.29. The maximum Gasteiger partial charge on any atom is 0.223 e. The van der Waals surface area contributed by atoms with Crippen molar-refractivity contribution >= 4 is 29.1 Å². The molecule has 1 saturated heterocycles. The number of nitrogens with zero attached hydrogens (tertiary/aromatic N) is 1. The lowest BCUT2D eigenvalue weighted by atomic mass is 9.81. The number of hydrogen-bond donors (Lipinski definition) is 2. The summed E-state index contributed by atoms with van der Waals surface area (Å²) in [5.74, 6) is 0.0484. The van der Waals surface area contributed by atoms with Gasteiger partial charge in [-0.25, -0.2) is 4.39 Å². The van der Waals surface area contributed by atoms with Crippen LogP contribution in [0.15, 0.2) is 42.6 Å². The molecule has 31 heavy (non-hydrogen) atoms. The van der Waals surface area contributed by atoms with Gasteiger partial charge in [0.25, 0.3) is 0 Å². The Morgan fingerprint density at radius 3 is 2.58 bits per heavy atom. The van der Waals surface area contributed by atoms with Gasteiger partial charge in [0.05, 0.1) is 6.20 Å². The van der Waals surface area contributed by atoms with Gasteiger partial charge in [-0.05, 0) is 84.5 Å². The number of carbonyl (C=O) groups is 1. The van der Waals surface area contributed by atoms with Gasteiger partial charge in [-0.1, -0.05) is 35.3 Å². The second-order valence-corrected chi connectivity index (χ2v) is 9.37. The highest BCUT2D eigenvalue weighted by molar-refractivity contribution is 6.36. The van der Waals surface area contributed by atoms with Crippen molar-refractivity contribution in [3.63, 3.8) is 0 Å². The van der Waals surface area contributed by atoms with Crippen LogP contribution in [0.3, 0.4) is 0 Å². The lowest BCUT2D eigenvalue weighted by Crippen LogP contribution is -2.35. The predicted molar refractivity (Wildman–Crippen MR) is 120 cm³/mol. The first kappa shape index (κ1) is 20.5. The molecular weight excluding hydrogens is 436 g/mol. The number of rotatable bonds is 4. The normalized spacial score (nSPS) is 22.9. The summed E-state index contributed by atoms with van der Waals surface area (Å²) < 4.78 is 13.2. The maximum atomic E-state index is 13.2. The van der Waals surface area contributed by atoms with Gasteiger partial charge < -0.3 is 5.32 Å². The molecular formula is C24H22Cl2FN3O. The molecule has 5 rings (SSSR count). The molecule has 4 nitrogen and oxygen atoms in total. The highest BCUT2D eigenvalue weighted by Crippen LogP contribution is 2.37. The van der Waals surface area contributed by atoms with E-state index in [-0.39, 0.29) is 23.7 Å². The predicted octanol–water partition coefficient (Wildman–Crippen LogP) is 5.37. The van der Waals surface area contributed by atoms with E-state index in [2.05, 4.69) is 15.5 Å². The lowest BCUT2D eigenvalue weighted by molar-refractivity contribution is -0.122. The fourth-order valence-electron chi connectivity index (χ4n) is 4.90. The van der Waals surface area contributed by atoms with Crippen molar-refractivity contribution < 1.29 is 9.18 Å². The summed E-state index contributed by atoms with van der Waals surface area (Å²) >= 11 is 13.1. The fourth-order valence-corrected chi connectivity index (χ4v) is 5.54. The molecule has 3 aromatic rings. The number of aromatic nitrogens is 2. The number of amides is 1. The molecule has 0 spiro atoms. The topological polar surface area (TPSA) is 57.8 Å². The molecule has 3 atom stereocenters. The summed E-state index contributed by atoms with van der Waals surface area (Å²) in [7, 11) is 0. The maximum absolute atomic E-state index is 13.2. The van der Waals surface area contributed by atoms with E-state index in [9.17, 15) is 9.18 Å². The third-order valence-electron chi connectivity index (χ3n) is 6.63. The van der Waals surface area contributed by atoms with E-state index in [1.807, 2.05) is 18.3 Å². The van der Waals surface area contributed by atoms with Crippen LogP contribution in [0.2, 0.25) is 10.0 Å². The number of halogens is 3. The molecule has 0 radical (unpaired) electrons. The van der Waals surface area contributed by atoms with Crippen molar-refractivity contribution in [1.82, 2.24) is 15.5 Å². The third kappa shape index (κ3) is 4.09. The Bertz CT molecular complexity index is 1110. The number of fused-ring (bicyclic) bond motifs is 1. The van der Waals surface area contributed by atoms with E-state index in [4.69, 9.17) is 23.2 Å². The zero-order chi connectivity index (χ0) is 21.5. The van der Waals surface area contributed by atoms with Gasteiger partial charge in [0, 0.05) is 27.7 Å². The molecule has 2 aliphatic rings. The van der Waals surface area contributed by atoms with E-state index in [1.165, 1.54) is 23.4 Å². The molecule has 1 unspecified atom stereocenters. The van der Waals surface area contributed by atoms with Crippen LogP contribution in [0.5, 0.6) is 0 Å². The Hall–Kier alpha value is -2.37. The minimum Gasteiger partial charge on any atom is -0.353 e. The monoisotopic (exact) mass is 457 g/mol. The standard InChI is InChI=1S/C24H22Cl2FN3O/c25-20-9-15(13-1-4-18(27)5-2-13)10-21(26)19(20)8-16-11-23(29-24(16)31)14-3-6-22-17(7-14)12-28-30-22/h1-2,4-5,9-10,12,14,16,23H,3,6-8,11H2,(H,28,30)(H,29,31)/t14?,16-,23-/m1/s1. The van der Waals surface area contributed by atoms with Gasteiger partial charge in [-0.2, -0.15) is 5.10 Å². The Labute approximate surface area is 190 Å². The Morgan fingerprint density at radius 1 is 1.10 bits per heavy atom. The first-order chi connectivity index (χ1) is 15.0. The van der Waals surface area contributed by atoms with Gasteiger partial charge in [0.1, 0.15) is 5.82 Å². The van der Waals surface area contributed by atoms with E-state index >= 15 is 0 Å². The number of aromatic amines is 1. The molecule has 7 heteroatoms. The molecule has 1 amide bonds. The van der Waals surface area contributed by atoms with Crippen LogP contribution >= 0.6 is 23.2 Å². The van der Waals surface area contributed by atoms with Crippen LogP contribution in [-0.2, 0) is 24.1 Å². The van der Waals surface area contributed by atoms with Crippen LogP contribution in [0, 0.1) is 17.7 Å². The summed E-state index contributed by atoms with van der Waals surface area (Å²) in [5, 5.41) is 11.5. The number of hydrogen-bond acceptors (Lipinski definition) is 2. The molecule has 1 aliphatic carbocycles.